The lowest BCUT2D eigenvalue weighted by Gasteiger charge is -2.27. The standard InChI is InChI=1S/C30H29ClFN7O/c31-27-15-24(5-7-29(27)40-18-20-2-1-3-23(32)12-20)38-30-26-14-21(4-6-28(26)35-19-36-30)22-13-25(34-16-22)17-37-39-10-8-33-9-11-39/h1-7,12-16,19,33-34,37H,8-11,17-18H2,(H,35,36,38). The van der Waals surface area contributed by atoms with Gasteiger partial charge in [-0.1, -0.05) is 29.8 Å². The topological polar surface area (TPSA) is 90.1 Å². The lowest BCUT2D eigenvalue weighted by molar-refractivity contribution is 0.160. The molecular formula is C30H29ClFN7O. The third-order valence-electron chi connectivity index (χ3n) is 6.80. The van der Waals surface area contributed by atoms with Crippen LogP contribution in [0.4, 0.5) is 15.9 Å². The second-order valence-electron chi connectivity index (χ2n) is 9.63. The van der Waals surface area contributed by atoms with Crippen LogP contribution in [0.3, 0.4) is 0 Å². The van der Waals surface area contributed by atoms with Crippen molar-refractivity contribution in [2.45, 2.75) is 13.2 Å². The minimum Gasteiger partial charge on any atom is -0.487 e. The number of hydrogen-bond donors (Lipinski definition) is 4. The number of halogens is 2. The summed E-state index contributed by atoms with van der Waals surface area (Å²) in [5, 5.41) is 10.3. The Hall–Kier alpha value is -4.02. The van der Waals surface area contributed by atoms with Crippen LogP contribution >= 0.6 is 11.6 Å². The Morgan fingerprint density at radius 2 is 1.88 bits per heavy atom. The largest absolute Gasteiger partial charge is 0.487 e. The molecule has 1 aliphatic heterocycles. The van der Waals surface area contributed by atoms with E-state index in [1.165, 1.54) is 12.1 Å². The summed E-state index contributed by atoms with van der Waals surface area (Å²) in [7, 11) is 0. The van der Waals surface area contributed by atoms with Gasteiger partial charge in [0.05, 0.1) is 17.1 Å². The third kappa shape index (κ3) is 6.24. The zero-order chi connectivity index (χ0) is 27.3. The minimum atomic E-state index is -0.299. The highest BCUT2D eigenvalue weighted by Crippen LogP contribution is 2.32. The van der Waals surface area contributed by atoms with Crippen LogP contribution in [-0.2, 0) is 13.2 Å². The number of rotatable bonds is 9. The molecule has 0 amide bonds. The average Bonchev–Trinajstić information content (AvgIpc) is 3.45. The molecule has 0 aliphatic carbocycles. The molecule has 1 fully saturated rings. The maximum Gasteiger partial charge on any atom is 0.141 e. The van der Waals surface area contributed by atoms with E-state index in [-0.39, 0.29) is 12.4 Å². The molecular weight excluding hydrogens is 529 g/mol. The van der Waals surface area contributed by atoms with Gasteiger partial charge in [0.25, 0.3) is 0 Å². The van der Waals surface area contributed by atoms with Crippen LogP contribution in [0.2, 0.25) is 5.02 Å². The third-order valence-corrected chi connectivity index (χ3v) is 7.09. The van der Waals surface area contributed by atoms with Crippen LogP contribution in [0.15, 0.2) is 79.3 Å². The first-order chi connectivity index (χ1) is 19.6. The van der Waals surface area contributed by atoms with Crippen molar-refractivity contribution in [3.05, 3.63) is 101 Å². The summed E-state index contributed by atoms with van der Waals surface area (Å²) in [5.41, 5.74) is 9.09. The van der Waals surface area contributed by atoms with Gasteiger partial charge < -0.3 is 20.4 Å². The number of hydrogen-bond acceptors (Lipinski definition) is 7. The number of nitrogens with zero attached hydrogens (tertiary/aromatic N) is 3. The molecule has 1 saturated heterocycles. The molecule has 0 atom stereocenters. The Balaban J connectivity index is 1.16. The van der Waals surface area contributed by atoms with E-state index >= 15 is 0 Å². The molecule has 204 valence electrons. The average molecular weight is 558 g/mol. The van der Waals surface area contributed by atoms with Gasteiger partial charge in [-0.2, -0.15) is 0 Å². The Labute approximate surface area is 236 Å². The molecule has 6 rings (SSSR count). The van der Waals surface area contributed by atoms with Gasteiger partial charge in [-0.05, 0) is 65.2 Å². The maximum atomic E-state index is 13.5. The molecule has 2 aromatic heterocycles. The molecule has 0 bridgehead atoms. The summed E-state index contributed by atoms with van der Waals surface area (Å²) in [4.78, 5) is 12.3. The maximum absolute atomic E-state index is 13.5. The summed E-state index contributed by atoms with van der Waals surface area (Å²) in [6.45, 7) is 4.94. The summed E-state index contributed by atoms with van der Waals surface area (Å²) < 4.78 is 19.3. The second-order valence-corrected chi connectivity index (χ2v) is 10.0. The first kappa shape index (κ1) is 26.2. The number of ether oxygens (including phenoxy) is 1. The zero-order valence-electron chi connectivity index (χ0n) is 21.8. The number of aromatic nitrogens is 3. The fourth-order valence-electron chi connectivity index (χ4n) is 4.69. The second kappa shape index (κ2) is 12.0. The quantitative estimate of drug-likeness (QED) is 0.186. The number of benzene rings is 3. The molecule has 8 nitrogen and oxygen atoms in total. The van der Waals surface area contributed by atoms with Crippen molar-refractivity contribution in [1.82, 2.24) is 30.7 Å². The van der Waals surface area contributed by atoms with E-state index in [0.717, 1.165) is 71.7 Å². The van der Waals surface area contributed by atoms with E-state index in [2.05, 4.69) is 54.2 Å². The molecule has 0 radical (unpaired) electrons. The van der Waals surface area contributed by atoms with Gasteiger partial charge in [0, 0.05) is 49.1 Å². The van der Waals surface area contributed by atoms with Crippen molar-refractivity contribution in [2.24, 2.45) is 0 Å². The fourth-order valence-corrected chi connectivity index (χ4v) is 4.92. The normalized spacial score (nSPS) is 13.9. The van der Waals surface area contributed by atoms with Crippen LogP contribution < -0.4 is 20.8 Å². The summed E-state index contributed by atoms with van der Waals surface area (Å²) >= 11 is 6.51. The molecule has 5 aromatic rings. The highest BCUT2D eigenvalue weighted by atomic mass is 35.5. The Kier molecular flexibility index (Phi) is 7.87. The Morgan fingerprint density at radius 3 is 2.73 bits per heavy atom. The molecule has 0 unspecified atom stereocenters. The molecule has 4 N–H and O–H groups in total. The van der Waals surface area contributed by atoms with Crippen LogP contribution in [0.5, 0.6) is 5.75 Å². The molecule has 40 heavy (non-hydrogen) atoms. The summed E-state index contributed by atoms with van der Waals surface area (Å²) in [6, 6.07) is 20.1. The first-order valence-corrected chi connectivity index (χ1v) is 13.5. The molecule has 10 heteroatoms. The first-order valence-electron chi connectivity index (χ1n) is 13.2. The number of fused-ring (bicyclic) bond motifs is 1. The minimum absolute atomic E-state index is 0.218. The van der Waals surface area contributed by atoms with Gasteiger partial charge in [0.2, 0.25) is 0 Å². The Morgan fingerprint density at radius 1 is 0.975 bits per heavy atom. The number of hydrazine groups is 1. The van der Waals surface area contributed by atoms with Crippen molar-refractivity contribution in [3.8, 4) is 16.9 Å². The van der Waals surface area contributed by atoms with Gasteiger partial charge in [-0.3, -0.25) is 0 Å². The van der Waals surface area contributed by atoms with E-state index in [1.807, 2.05) is 18.3 Å². The van der Waals surface area contributed by atoms with Gasteiger partial charge in [0.15, 0.2) is 0 Å². The SMILES string of the molecule is Fc1cccc(COc2ccc(Nc3ncnc4ccc(-c5c[nH]c(CNN6CCNCC6)c5)cc34)cc2Cl)c1. The lowest BCUT2D eigenvalue weighted by atomic mass is 10.1. The van der Waals surface area contributed by atoms with E-state index < -0.39 is 0 Å². The van der Waals surface area contributed by atoms with Gasteiger partial charge in [-0.25, -0.2) is 24.8 Å². The van der Waals surface area contributed by atoms with Gasteiger partial charge >= 0.3 is 0 Å². The van der Waals surface area contributed by atoms with Crippen molar-refractivity contribution >= 4 is 34.0 Å². The smallest absolute Gasteiger partial charge is 0.141 e. The van der Waals surface area contributed by atoms with E-state index in [1.54, 1.807) is 30.6 Å². The molecule has 1 aliphatic rings. The van der Waals surface area contributed by atoms with E-state index in [9.17, 15) is 4.39 Å². The van der Waals surface area contributed by atoms with Crippen molar-refractivity contribution in [2.75, 3.05) is 31.5 Å². The number of aromatic amines is 1. The summed E-state index contributed by atoms with van der Waals surface area (Å²) in [5.74, 6) is 0.889. The Bertz CT molecular complexity index is 1620. The number of nitrogens with one attached hydrogen (secondary N) is 4. The monoisotopic (exact) mass is 557 g/mol. The predicted molar refractivity (Wildman–Crippen MR) is 156 cm³/mol. The van der Waals surface area contributed by atoms with E-state index in [0.29, 0.717) is 16.6 Å². The van der Waals surface area contributed by atoms with E-state index in [4.69, 9.17) is 16.3 Å². The van der Waals surface area contributed by atoms with Crippen molar-refractivity contribution in [1.29, 1.82) is 0 Å². The number of anilines is 2. The van der Waals surface area contributed by atoms with Crippen LogP contribution in [-0.4, -0.2) is 46.1 Å². The molecule has 0 spiro atoms. The molecule has 3 heterocycles. The zero-order valence-corrected chi connectivity index (χ0v) is 22.5. The highest BCUT2D eigenvalue weighted by Gasteiger charge is 2.12. The van der Waals surface area contributed by atoms with Crippen molar-refractivity contribution < 1.29 is 9.13 Å². The number of piperazine rings is 1. The van der Waals surface area contributed by atoms with Crippen molar-refractivity contribution in [3.63, 3.8) is 0 Å². The fraction of sp³-hybridized carbons (Fsp3) is 0.200. The molecule has 0 saturated carbocycles. The number of H-pyrrole nitrogens is 1. The van der Waals surface area contributed by atoms with Crippen LogP contribution in [0.25, 0.3) is 22.0 Å². The highest BCUT2D eigenvalue weighted by molar-refractivity contribution is 6.32. The van der Waals surface area contributed by atoms with Gasteiger partial charge in [0.1, 0.15) is 30.3 Å². The predicted octanol–water partition coefficient (Wildman–Crippen LogP) is 5.65. The van der Waals surface area contributed by atoms with Crippen LogP contribution in [0, 0.1) is 5.82 Å². The van der Waals surface area contributed by atoms with Crippen LogP contribution in [0.1, 0.15) is 11.3 Å². The van der Waals surface area contributed by atoms with Gasteiger partial charge in [-0.15, -0.1) is 0 Å². The molecule has 3 aromatic carbocycles. The summed E-state index contributed by atoms with van der Waals surface area (Å²) in [6.07, 6.45) is 3.56. The lowest BCUT2D eigenvalue weighted by Crippen LogP contribution is -2.49.